The van der Waals surface area contributed by atoms with E-state index in [9.17, 15) is 9.59 Å². The zero-order valence-electron chi connectivity index (χ0n) is 13.0. The van der Waals surface area contributed by atoms with E-state index in [0.29, 0.717) is 33.5 Å². The van der Waals surface area contributed by atoms with Gasteiger partial charge in [-0.15, -0.1) is 0 Å². The summed E-state index contributed by atoms with van der Waals surface area (Å²) in [5.74, 6) is -0.286. The second kappa shape index (κ2) is 8.57. The number of carbonyl (C=O) groups excluding carboxylic acids is 2. The molecule has 0 unspecified atom stereocenters. The number of hydrogen-bond donors (Lipinski definition) is 3. The molecule has 0 fully saturated rings. The minimum Gasteiger partial charge on any atom is -0.375 e. The lowest BCUT2D eigenvalue weighted by atomic mass is 10.2. The highest BCUT2D eigenvalue weighted by atomic mass is 35.5. The van der Waals surface area contributed by atoms with Crippen LogP contribution in [-0.4, -0.2) is 18.4 Å². The average Bonchev–Trinajstić information content (AvgIpc) is 2.57. The minimum absolute atomic E-state index is 0.0500. The Morgan fingerprint density at radius 1 is 0.917 bits per heavy atom. The molecule has 2 aromatic rings. The van der Waals surface area contributed by atoms with E-state index in [4.69, 9.17) is 23.2 Å². The number of nitrogens with one attached hydrogen (secondary N) is 3. The van der Waals surface area contributed by atoms with E-state index in [1.807, 2.05) is 0 Å². The Morgan fingerprint density at radius 2 is 1.50 bits per heavy atom. The van der Waals surface area contributed by atoms with E-state index in [-0.39, 0.29) is 18.4 Å². The van der Waals surface area contributed by atoms with Gasteiger partial charge in [-0.1, -0.05) is 30.1 Å². The molecule has 2 amide bonds. The van der Waals surface area contributed by atoms with Crippen molar-refractivity contribution in [3.8, 4) is 0 Å². The van der Waals surface area contributed by atoms with Crippen molar-refractivity contribution in [1.82, 2.24) is 0 Å². The molecule has 3 N–H and O–H groups in total. The molecule has 0 spiro atoms. The molecule has 0 atom stereocenters. The van der Waals surface area contributed by atoms with Gasteiger partial charge in [0.2, 0.25) is 11.8 Å². The Morgan fingerprint density at radius 3 is 2.08 bits per heavy atom. The summed E-state index contributed by atoms with van der Waals surface area (Å²) in [4.78, 5) is 23.3. The monoisotopic (exact) mass is 365 g/mol. The van der Waals surface area contributed by atoms with Gasteiger partial charge in [0.15, 0.2) is 0 Å². The van der Waals surface area contributed by atoms with Gasteiger partial charge >= 0.3 is 0 Å². The minimum atomic E-state index is -0.226. The van der Waals surface area contributed by atoms with E-state index < -0.39 is 0 Å². The van der Waals surface area contributed by atoms with Crippen LogP contribution >= 0.6 is 23.2 Å². The molecule has 0 saturated carbocycles. The van der Waals surface area contributed by atoms with Crippen LogP contribution < -0.4 is 16.0 Å². The normalized spacial score (nSPS) is 10.1. The maximum atomic E-state index is 12.0. The second-order valence-corrected chi connectivity index (χ2v) is 5.85. The van der Waals surface area contributed by atoms with Crippen molar-refractivity contribution in [3.05, 3.63) is 52.5 Å². The third kappa shape index (κ3) is 5.44. The zero-order valence-corrected chi connectivity index (χ0v) is 14.5. The Labute approximate surface area is 150 Å². The van der Waals surface area contributed by atoms with Gasteiger partial charge < -0.3 is 16.0 Å². The summed E-state index contributed by atoms with van der Waals surface area (Å²) in [5, 5.41) is 9.45. The molecule has 0 radical (unpaired) electrons. The smallest absolute Gasteiger partial charge is 0.243 e. The zero-order chi connectivity index (χ0) is 17.5. The van der Waals surface area contributed by atoms with Gasteiger partial charge in [-0.25, -0.2) is 0 Å². The quantitative estimate of drug-likeness (QED) is 0.710. The highest BCUT2D eigenvalue weighted by Crippen LogP contribution is 2.25. The van der Waals surface area contributed by atoms with Crippen LogP contribution in [-0.2, 0) is 9.59 Å². The van der Waals surface area contributed by atoms with Crippen LogP contribution in [0.15, 0.2) is 42.5 Å². The molecule has 0 aromatic heterocycles. The molecule has 2 rings (SSSR count). The molecule has 0 saturated heterocycles. The Kier molecular flexibility index (Phi) is 6.46. The SMILES string of the molecule is CCC(=O)Nc1ccc(NC(=O)CNc2cc(Cl)ccc2Cl)cc1. The molecular formula is C17H17Cl2N3O2. The van der Waals surface area contributed by atoms with Gasteiger partial charge in [-0.3, -0.25) is 9.59 Å². The van der Waals surface area contributed by atoms with Gasteiger partial charge in [-0.2, -0.15) is 0 Å². The molecule has 126 valence electrons. The van der Waals surface area contributed by atoms with Crippen LogP contribution in [0.1, 0.15) is 13.3 Å². The van der Waals surface area contributed by atoms with Crippen molar-refractivity contribution in [1.29, 1.82) is 0 Å². The fraction of sp³-hybridized carbons (Fsp3) is 0.176. The first kappa shape index (κ1) is 18.1. The third-order valence-electron chi connectivity index (χ3n) is 3.14. The molecule has 5 nitrogen and oxygen atoms in total. The number of hydrogen-bond acceptors (Lipinski definition) is 3. The number of rotatable bonds is 6. The summed E-state index contributed by atoms with van der Waals surface area (Å²) in [5.41, 5.74) is 1.91. The molecule has 7 heteroatoms. The van der Waals surface area contributed by atoms with Gasteiger partial charge in [0.25, 0.3) is 0 Å². The van der Waals surface area contributed by atoms with Crippen molar-refractivity contribution in [2.75, 3.05) is 22.5 Å². The predicted octanol–water partition coefficient (Wildman–Crippen LogP) is 4.39. The van der Waals surface area contributed by atoms with Gasteiger partial charge in [-0.05, 0) is 42.5 Å². The van der Waals surface area contributed by atoms with Crippen molar-refractivity contribution in [2.24, 2.45) is 0 Å². The van der Waals surface area contributed by atoms with E-state index >= 15 is 0 Å². The van der Waals surface area contributed by atoms with Gasteiger partial charge in [0.05, 0.1) is 17.3 Å². The largest absolute Gasteiger partial charge is 0.375 e. The number of carbonyl (C=O) groups is 2. The summed E-state index contributed by atoms with van der Waals surface area (Å²) in [6.45, 7) is 1.83. The van der Waals surface area contributed by atoms with E-state index in [1.165, 1.54) is 0 Å². The van der Waals surface area contributed by atoms with Crippen molar-refractivity contribution in [2.45, 2.75) is 13.3 Å². The summed E-state index contributed by atoms with van der Waals surface area (Å²) >= 11 is 11.9. The summed E-state index contributed by atoms with van der Waals surface area (Å²) in [6, 6.07) is 11.9. The topological polar surface area (TPSA) is 70.2 Å². The second-order valence-electron chi connectivity index (χ2n) is 5.00. The first-order valence-electron chi connectivity index (χ1n) is 7.36. The molecule has 0 aliphatic rings. The number of benzene rings is 2. The van der Waals surface area contributed by atoms with Crippen LogP contribution in [0.2, 0.25) is 10.0 Å². The predicted molar refractivity (Wildman–Crippen MR) is 98.9 cm³/mol. The number of halogens is 2. The maximum absolute atomic E-state index is 12.0. The van der Waals surface area contributed by atoms with E-state index in [1.54, 1.807) is 49.4 Å². The molecule has 0 heterocycles. The first-order valence-corrected chi connectivity index (χ1v) is 8.12. The Balaban J connectivity index is 1.88. The molecular weight excluding hydrogens is 349 g/mol. The summed E-state index contributed by atoms with van der Waals surface area (Å²) < 4.78 is 0. The van der Waals surface area contributed by atoms with Crippen molar-refractivity contribution < 1.29 is 9.59 Å². The van der Waals surface area contributed by atoms with E-state index in [2.05, 4.69) is 16.0 Å². The maximum Gasteiger partial charge on any atom is 0.243 e. The van der Waals surface area contributed by atoms with Crippen LogP contribution in [0.4, 0.5) is 17.1 Å². The van der Waals surface area contributed by atoms with E-state index in [0.717, 1.165) is 0 Å². The van der Waals surface area contributed by atoms with Crippen LogP contribution in [0.3, 0.4) is 0 Å². The third-order valence-corrected chi connectivity index (χ3v) is 3.71. The number of amides is 2. The lowest BCUT2D eigenvalue weighted by molar-refractivity contribution is -0.116. The average molecular weight is 366 g/mol. The molecule has 24 heavy (non-hydrogen) atoms. The highest BCUT2D eigenvalue weighted by molar-refractivity contribution is 6.35. The molecule has 0 bridgehead atoms. The Bertz CT molecular complexity index is 733. The fourth-order valence-electron chi connectivity index (χ4n) is 1.90. The molecule has 0 aliphatic heterocycles. The van der Waals surface area contributed by atoms with Gasteiger partial charge in [0, 0.05) is 22.8 Å². The Hall–Kier alpha value is -2.24. The molecule has 2 aromatic carbocycles. The standard InChI is InChI=1S/C17H17Cl2N3O2/c1-2-16(23)21-12-4-6-13(7-5-12)22-17(24)10-20-15-9-11(18)3-8-14(15)19/h3-9,20H,2,10H2,1H3,(H,21,23)(H,22,24). The van der Waals surface area contributed by atoms with Crippen molar-refractivity contribution in [3.63, 3.8) is 0 Å². The highest BCUT2D eigenvalue weighted by Gasteiger charge is 2.06. The van der Waals surface area contributed by atoms with Crippen LogP contribution in [0, 0.1) is 0 Å². The fourth-order valence-corrected chi connectivity index (χ4v) is 2.26. The van der Waals surface area contributed by atoms with Crippen LogP contribution in [0.5, 0.6) is 0 Å². The summed E-state index contributed by atoms with van der Waals surface area (Å²) in [6.07, 6.45) is 0.413. The first-order chi connectivity index (χ1) is 11.5. The number of anilines is 3. The lowest BCUT2D eigenvalue weighted by Crippen LogP contribution is -2.21. The van der Waals surface area contributed by atoms with Crippen LogP contribution in [0.25, 0.3) is 0 Å². The van der Waals surface area contributed by atoms with Gasteiger partial charge in [0.1, 0.15) is 0 Å². The lowest BCUT2D eigenvalue weighted by Gasteiger charge is -2.10. The van der Waals surface area contributed by atoms with Crippen molar-refractivity contribution >= 4 is 52.1 Å². The summed E-state index contributed by atoms with van der Waals surface area (Å²) in [7, 11) is 0. The molecule has 0 aliphatic carbocycles.